The van der Waals surface area contributed by atoms with Crippen molar-refractivity contribution in [1.29, 1.82) is 0 Å². The number of carbonyl (C=O) groups is 1. The number of anilines is 1. The fraction of sp³-hybridized carbons (Fsp3) is 0.300. The van der Waals surface area contributed by atoms with Gasteiger partial charge in [-0.2, -0.15) is 0 Å². The van der Waals surface area contributed by atoms with Crippen molar-refractivity contribution >= 4 is 32.7 Å². The number of H-pyrrole nitrogens is 1. The summed E-state index contributed by atoms with van der Waals surface area (Å²) in [5, 5.41) is 3.49. The van der Waals surface area contributed by atoms with Gasteiger partial charge in [-0.1, -0.05) is 63.2 Å². The van der Waals surface area contributed by atoms with Gasteiger partial charge in [-0.05, 0) is 59.7 Å². The molecule has 1 atom stereocenters. The predicted molar refractivity (Wildman–Crippen MR) is 153 cm³/mol. The molecule has 3 aromatic carbocycles. The number of aromatic amines is 1. The van der Waals surface area contributed by atoms with Crippen LogP contribution in [0.25, 0.3) is 22.0 Å². The molecule has 204 valence electrons. The molecule has 39 heavy (non-hydrogen) atoms. The summed E-state index contributed by atoms with van der Waals surface area (Å²) in [5.74, 6) is 0.277. The molecule has 8 nitrogen and oxygen atoms in total. The van der Waals surface area contributed by atoms with E-state index in [2.05, 4.69) is 35.8 Å². The minimum Gasteiger partial charge on any atom is -0.393 e. The molecule has 1 fully saturated rings. The first-order valence-electron chi connectivity index (χ1n) is 13.0. The second kappa shape index (κ2) is 10.7. The summed E-state index contributed by atoms with van der Waals surface area (Å²) in [7, 11) is -3.82. The second-order valence-corrected chi connectivity index (χ2v) is 12.4. The van der Waals surface area contributed by atoms with Crippen LogP contribution in [0.15, 0.2) is 77.7 Å². The van der Waals surface area contributed by atoms with Gasteiger partial charge >= 0.3 is 6.09 Å². The first kappa shape index (κ1) is 26.8. The Hall–Kier alpha value is -3.82. The first-order chi connectivity index (χ1) is 18.6. The quantitative estimate of drug-likeness (QED) is 0.255. The van der Waals surface area contributed by atoms with Gasteiger partial charge in [0.05, 0.1) is 16.6 Å². The van der Waals surface area contributed by atoms with E-state index in [4.69, 9.17) is 9.47 Å². The van der Waals surface area contributed by atoms with Crippen LogP contribution >= 0.6 is 0 Å². The number of carbonyl (C=O) groups excluding carboxylic acids is 1. The van der Waals surface area contributed by atoms with Crippen LogP contribution < -0.4 is 14.8 Å². The number of sulfonamides is 1. The summed E-state index contributed by atoms with van der Waals surface area (Å²) >= 11 is 0. The highest BCUT2D eigenvalue weighted by atomic mass is 32.2. The van der Waals surface area contributed by atoms with Crippen molar-refractivity contribution in [2.45, 2.75) is 50.0 Å². The van der Waals surface area contributed by atoms with Gasteiger partial charge in [-0.3, -0.25) is 4.72 Å². The number of ether oxygens (including phenoxy) is 2. The van der Waals surface area contributed by atoms with Crippen LogP contribution in [0.4, 0.5) is 10.5 Å². The van der Waals surface area contributed by atoms with Crippen LogP contribution in [0.3, 0.4) is 0 Å². The summed E-state index contributed by atoms with van der Waals surface area (Å²) in [5.41, 5.74) is 3.55. The highest BCUT2D eigenvalue weighted by Crippen LogP contribution is 2.39. The molecule has 1 aliphatic rings. The Bertz CT molecular complexity index is 1570. The first-order valence-corrected chi connectivity index (χ1v) is 14.5. The zero-order valence-corrected chi connectivity index (χ0v) is 23.1. The van der Waals surface area contributed by atoms with Crippen molar-refractivity contribution < 1.29 is 22.7 Å². The van der Waals surface area contributed by atoms with Crippen molar-refractivity contribution in [3.05, 3.63) is 78.4 Å². The number of rotatable bonds is 7. The van der Waals surface area contributed by atoms with Crippen LogP contribution in [0.2, 0.25) is 0 Å². The minimum atomic E-state index is -3.82. The number of benzene rings is 3. The Kier molecular flexibility index (Phi) is 7.38. The lowest BCUT2D eigenvalue weighted by Gasteiger charge is -2.19. The monoisotopic (exact) mass is 547 g/mol. The minimum absolute atomic E-state index is 0.00546. The lowest BCUT2D eigenvalue weighted by atomic mass is 9.87. The van der Waals surface area contributed by atoms with Crippen LogP contribution in [0.1, 0.15) is 39.2 Å². The van der Waals surface area contributed by atoms with Crippen molar-refractivity contribution in [2.24, 2.45) is 0 Å². The molecule has 4 aromatic rings. The van der Waals surface area contributed by atoms with Crippen molar-refractivity contribution in [3.63, 3.8) is 0 Å². The van der Waals surface area contributed by atoms with E-state index in [0.717, 1.165) is 24.0 Å². The Morgan fingerprint density at radius 1 is 1.05 bits per heavy atom. The van der Waals surface area contributed by atoms with Crippen LogP contribution in [0.5, 0.6) is 5.88 Å². The predicted octanol–water partition coefficient (Wildman–Crippen LogP) is 6.20. The molecule has 1 amide bonds. The van der Waals surface area contributed by atoms with Crippen molar-refractivity contribution in [2.75, 3.05) is 17.9 Å². The molecule has 0 bridgehead atoms. The summed E-state index contributed by atoms with van der Waals surface area (Å²) in [6, 6.07) is 21.6. The Morgan fingerprint density at radius 3 is 2.46 bits per heavy atom. The second-order valence-electron chi connectivity index (χ2n) is 10.7. The van der Waals surface area contributed by atoms with Gasteiger partial charge < -0.3 is 19.8 Å². The highest BCUT2D eigenvalue weighted by Gasteiger charge is 2.22. The molecule has 0 aliphatic carbocycles. The van der Waals surface area contributed by atoms with Gasteiger partial charge in [-0.15, -0.1) is 0 Å². The Labute approximate surface area is 228 Å². The van der Waals surface area contributed by atoms with E-state index in [0.29, 0.717) is 35.3 Å². The maximum Gasteiger partial charge on any atom is 0.413 e. The third kappa shape index (κ3) is 6.10. The van der Waals surface area contributed by atoms with Crippen molar-refractivity contribution in [3.8, 4) is 17.0 Å². The van der Waals surface area contributed by atoms with E-state index in [1.807, 2.05) is 42.5 Å². The fourth-order valence-electron chi connectivity index (χ4n) is 4.68. The number of nitrogens with one attached hydrogen (secondary N) is 3. The number of hydrogen-bond acceptors (Lipinski definition) is 5. The van der Waals surface area contributed by atoms with E-state index in [1.165, 1.54) is 0 Å². The summed E-state index contributed by atoms with van der Waals surface area (Å²) in [6.07, 6.45) is 1.29. The maximum atomic E-state index is 13.2. The van der Waals surface area contributed by atoms with E-state index in [-0.39, 0.29) is 22.3 Å². The summed E-state index contributed by atoms with van der Waals surface area (Å²) < 4.78 is 40.3. The van der Waals surface area contributed by atoms with E-state index in [1.54, 1.807) is 30.3 Å². The smallest absolute Gasteiger partial charge is 0.393 e. The average Bonchev–Trinajstić information content (AvgIpc) is 3.55. The van der Waals surface area contributed by atoms with E-state index >= 15 is 0 Å². The molecular weight excluding hydrogens is 514 g/mol. The number of aromatic nitrogens is 1. The van der Waals surface area contributed by atoms with Gasteiger partial charge in [0.2, 0.25) is 5.88 Å². The van der Waals surface area contributed by atoms with Crippen LogP contribution in [0, 0.1) is 0 Å². The largest absolute Gasteiger partial charge is 0.413 e. The number of fused-ring (bicyclic) bond motifs is 1. The zero-order chi connectivity index (χ0) is 27.6. The van der Waals surface area contributed by atoms with Gasteiger partial charge in [-0.25, -0.2) is 13.2 Å². The normalized spacial score (nSPS) is 15.8. The fourth-order valence-corrected chi connectivity index (χ4v) is 5.73. The summed E-state index contributed by atoms with van der Waals surface area (Å²) in [6.45, 7) is 7.32. The van der Waals surface area contributed by atoms with Crippen LogP contribution in [-0.4, -0.2) is 38.8 Å². The van der Waals surface area contributed by atoms with E-state index < -0.39 is 16.1 Å². The van der Waals surface area contributed by atoms with Gasteiger partial charge in [0.1, 0.15) is 0 Å². The maximum absolute atomic E-state index is 13.2. The topological polar surface area (TPSA) is 110 Å². The van der Waals surface area contributed by atoms with Crippen LogP contribution in [-0.2, 0) is 20.2 Å². The zero-order valence-electron chi connectivity index (χ0n) is 22.3. The Balaban J connectivity index is 1.43. The van der Waals surface area contributed by atoms with Gasteiger partial charge in [0.15, 0.2) is 0 Å². The van der Waals surface area contributed by atoms with Crippen molar-refractivity contribution in [1.82, 2.24) is 10.3 Å². The van der Waals surface area contributed by atoms with Gasteiger partial charge in [0, 0.05) is 29.7 Å². The lowest BCUT2D eigenvalue weighted by Crippen LogP contribution is -2.34. The molecule has 9 heteroatoms. The molecule has 1 aromatic heterocycles. The SMILES string of the molecule is CC(C)(C)c1ccc(S(=O)(=O)Nc2ccc3[nH]c(OC(=O)NCC4CCCO4)c(-c4ccccc4)c3c2)cc1. The summed E-state index contributed by atoms with van der Waals surface area (Å²) in [4.78, 5) is 16.0. The molecule has 1 saturated heterocycles. The molecule has 1 aliphatic heterocycles. The average molecular weight is 548 g/mol. The molecule has 1 unspecified atom stereocenters. The number of amides is 1. The molecule has 5 rings (SSSR count). The van der Waals surface area contributed by atoms with Gasteiger partial charge in [0.25, 0.3) is 10.0 Å². The molecule has 0 radical (unpaired) electrons. The highest BCUT2D eigenvalue weighted by molar-refractivity contribution is 7.92. The lowest BCUT2D eigenvalue weighted by molar-refractivity contribution is 0.108. The number of hydrogen-bond donors (Lipinski definition) is 3. The molecule has 3 N–H and O–H groups in total. The standard InChI is InChI=1S/C30H33N3O5S/c1-30(2,3)21-11-14-24(15-12-21)39(35,36)33-22-13-16-26-25(18-22)27(20-8-5-4-6-9-20)28(32-26)38-29(34)31-19-23-10-7-17-37-23/h4-6,8-9,11-16,18,23,32-33H,7,10,17,19H2,1-3H3,(H,31,34). The molecule has 0 spiro atoms. The Morgan fingerprint density at radius 2 is 1.79 bits per heavy atom. The molecular formula is C30H33N3O5S. The van der Waals surface area contributed by atoms with E-state index in [9.17, 15) is 13.2 Å². The molecule has 0 saturated carbocycles. The third-order valence-electron chi connectivity index (χ3n) is 6.80. The third-order valence-corrected chi connectivity index (χ3v) is 8.20. The molecule has 2 heterocycles.